The van der Waals surface area contributed by atoms with Crippen LogP contribution in [-0.4, -0.2) is 79.7 Å². The van der Waals surface area contributed by atoms with Crippen molar-refractivity contribution in [2.24, 2.45) is 11.8 Å². The smallest absolute Gasteiger partial charge is 0.329 e. The molecule has 1 aromatic heterocycles. The number of aryl methyl sites for hydroxylation is 1. The van der Waals surface area contributed by atoms with Gasteiger partial charge in [0.15, 0.2) is 11.5 Å². The number of fused-ring (bicyclic) bond motifs is 4. The number of pyridine rings is 1. The highest BCUT2D eigenvalue weighted by Crippen LogP contribution is 2.58. The van der Waals surface area contributed by atoms with E-state index in [2.05, 4.69) is 48.2 Å². The van der Waals surface area contributed by atoms with Crippen molar-refractivity contribution in [1.82, 2.24) is 9.88 Å². The molecule has 0 saturated heterocycles. The summed E-state index contributed by atoms with van der Waals surface area (Å²) < 4.78 is 24.8. The molecule has 3 aliphatic carbocycles. The Morgan fingerprint density at radius 3 is 2.77 bits per heavy atom. The van der Waals surface area contributed by atoms with Gasteiger partial charge in [-0.15, -0.1) is 0 Å². The number of aromatic nitrogens is 1. The van der Waals surface area contributed by atoms with Gasteiger partial charge in [-0.1, -0.05) is 31.5 Å². The molecule has 3 aromatic rings. The van der Waals surface area contributed by atoms with Crippen LogP contribution in [0.5, 0.6) is 17.2 Å². The molecule has 0 bridgehead atoms. The number of anilines is 1. The van der Waals surface area contributed by atoms with E-state index in [1.54, 1.807) is 19.2 Å². The summed E-state index contributed by atoms with van der Waals surface area (Å²) in [5.74, 6) is 2.82. The first-order valence-electron chi connectivity index (χ1n) is 19.1. The van der Waals surface area contributed by atoms with Crippen LogP contribution in [0.15, 0.2) is 48.7 Å². The summed E-state index contributed by atoms with van der Waals surface area (Å²) in [6.45, 7) is 7.92. The number of carboxylic acids is 1. The van der Waals surface area contributed by atoms with Gasteiger partial charge in [0.05, 0.1) is 13.2 Å². The molecule has 1 saturated carbocycles. The van der Waals surface area contributed by atoms with E-state index in [4.69, 9.17) is 30.5 Å². The molecule has 1 aliphatic heterocycles. The fraction of sp³-hybridized carbons (Fsp3) is 0.571. The lowest BCUT2D eigenvalue weighted by Gasteiger charge is -2.47. The predicted molar refractivity (Wildman–Crippen MR) is 203 cm³/mol. The normalized spacial score (nSPS) is 26.8. The first kappa shape index (κ1) is 36.8. The topological polar surface area (TPSA) is 102 Å². The number of nitrogens with one attached hydrogen (secondary N) is 1. The number of hydrogen-bond acceptors (Lipinski definition) is 8. The van der Waals surface area contributed by atoms with Gasteiger partial charge in [-0.05, 0) is 136 Å². The van der Waals surface area contributed by atoms with E-state index in [9.17, 15) is 9.90 Å². The summed E-state index contributed by atoms with van der Waals surface area (Å²) in [5.41, 5.74) is 4.50. The quantitative estimate of drug-likeness (QED) is 0.182. The number of aliphatic carboxylic acids is 1. The fourth-order valence-electron chi connectivity index (χ4n) is 9.49. The lowest BCUT2D eigenvalue weighted by Crippen LogP contribution is -2.53. The molecule has 2 heterocycles. The molecular weight excluding hydrogens is 678 g/mol. The molecule has 280 valence electrons. The fourth-order valence-corrected chi connectivity index (χ4v) is 9.68. The van der Waals surface area contributed by atoms with Crippen molar-refractivity contribution in [3.8, 4) is 17.2 Å². The molecule has 10 heteroatoms. The minimum Gasteiger partial charge on any atom is -0.493 e. The summed E-state index contributed by atoms with van der Waals surface area (Å²) in [5, 5.41) is 14.7. The zero-order valence-electron chi connectivity index (χ0n) is 31.1. The van der Waals surface area contributed by atoms with Gasteiger partial charge in [-0.2, -0.15) is 0 Å². The number of benzene rings is 2. The van der Waals surface area contributed by atoms with Crippen LogP contribution in [0.2, 0.25) is 5.02 Å². The molecule has 4 aliphatic rings. The van der Waals surface area contributed by atoms with Crippen molar-refractivity contribution in [3.05, 3.63) is 76.1 Å². The van der Waals surface area contributed by atoms with E-state index in [-0.39, 0.29) is 11.5 Å². The maximum Gasteiger partial charge on any atom is 0.329 e. The van der Waals surface area contributed by atoms with Crippen LogP contribution in [0.1, 0.15) is 87.1 Å². The van der Waals surface area contributed by atoms with Gasteiger partial charge < -0.3 is 34.3 Å². The van der Waals surface area contributed by atoms with Gasteiger partial charge in [0, 0.05) is 48.4 Å². The van der Waals surface area contributed by atoms with Crippen LogP contribution in [0.25, 0.3) is 0 Å². The summed E-state index contributed by atoms with van der Waals surface area (Å²) in [6.07, 6.45) is 9.54. The minimum atomic E-state index is -1.08. The Morgan fingerprint density at radius 1 is 1.17 bits per heavy atom. The second-order valence-corrected chi connectivity index (χ2v) is 16.4. The number of hydrogen-bond donors (Lipinski definition) is 2. The van der Waals surface area contributed by atoms with E-state index in [1.165, 1.54) is 35.2 Å². The van der Waals surface area contributed by atoms with Crippen molar-refractivity contribution < 1.29 is 28.8 Å². The van der Waals surface area contributed by atoms with Crippen molar-refractivity contribution in [2.75, 3.05) is 52.4 Å². The molecule has 0 unspecified atom stereocenters. The van der Waals surface area contributed by atoms with Crippen molar-refractivity contribution >= 4 is 23.3 Å². The Morgan fingerprint density at radius 2 is 2.00 bits per heavy atom. The van der Waals surface area contributed by atoms with Crippen LogP contribution < -0.4 is 19.5 Å². The summed E-state index contributed by atoms with van der Waals surface area (Å²) in [6, 6.07) is 13.8. The van der Waals surface area contributed by atoms with E-state index in [0.29, 0.717) is 55.4 Å². The molecule has 0 amide bonds. The highest BCUT2D eigenvalue weighted by molar-refractivity contribution is 6.30. The summed E-state index contributed by atoms with van der Waals surface area (Å²) in [7, 11) is 3.79. The van der Waals surface area contributed by atoms with Crippen LogP contribution in [0, 0.1) is 11.8 Å². The number of halogens is 1. The van der Waals surface area contributed by atoms with E-state index < -0.39 is 11.5 Å². The first-order chi connectivity index (χ1) is 25.1. The van der Waals surface area contributed by atoms with E-state index >= 15 is 0 Å². The predicted octanol–water partition coefficient (Wildman–Crippen LogP) is 7.92. The average Bonchev–Trinajstić information content (AvgIpc) is 3.40. The molecular formula is C42H54ClN3O6. The van der Waals surface area contributed by atoms with Gasteiger partial charge >= 0.3 is 5.97 Å². The molecule has 4 atom stereocenters. The second kappa shape index (κ2) is 15.4. The average molecular weight is 732 g/mol. The highest BCUT2D eigenvalue weighted by Gasteiger charge is 2.54. The number of nitrogens with zero attached hydrogens (tertiary/aromatic N) is 2. The van der Waals surface area contributed by atoms with Crippen molar-refractivity contribution in [3.63, 3.8) is 0 Å². The Hall–Kier alpha value is -3.53. The van der Waals surface area contributed by atoms with E-state index in [1.807, 2.05) is 24.4 Å². The number of ether oxygens (including phenoxy) is 4. The Labute approximate surface area is 313 Å². The Balaban J connectivity index is 1.14. The third-order valence-electron chi connectivity index (χ3n) is 12.3. The molecule has 0 radical (unpaired) electrons. The molecule has 7 rings (SSSR count). The van der Waals surface area contributed by atoms with Gasteiger partial charge in [0.2, 0.25) is 0 Å². The van der Waals surface area contributed by atoms with E-state index in [0.717, 1.165) is 68.1 Å². The van der Waals surface area contributed by atoms with Gasteiger partial charge in [0.1, 0.15) is 24.0 Å². The van der Waals surface area contributed by atoms with Crippen LogP contribution in [0.4, 0.5) is 5.69 Å². The van der Waals surface area contributed by atoms with Crippen LogP contribution >= 0.6 is 11.6 Å². The summed E-state index contributed by atoms with van der Waals surface area (Å²) in [4.78, 5) is 19.9. The summed E-state index contributed by atoms with van der Waals surface area (Å²) >= 11 is 6.30. The molecule has 52 heavy (non-hydrogen) atoms. The Bertz CT molecular complexity index is 1740. The molecule has 2 N–H and O–H groups in total. The van der Waals surface area contributed by atoms with Crippen molar-refractivity contribution in [2.45, 2.75) is 94.6 Å². The molecule has 1 fully saturated rings. The number of carbonyl (C=O) groups is 1. The standard InChI is InChI=1S/C42H54ClN3O6/c1-27(25-50-36-11-16-44-35-10-5-7-28(2)39(35)36)19-30-20-29-21-37-38(52-33(26-51-37)24-46(3)17-18-49-4)23-34(29)41(30)12-14-42(15-13-41,40(47)48)45-32-9-6-8-31(43)22-32/h6,8-9,11,16,21-23,27-28,30,33,45H,5,7,10,12-15,17-20,24-26H2,1-4H3,(H,47,48)/t27-,28-,30+,33+,41?,42?/m1/s1. The number of rotatable bonds is 13. The number of methoxy groups -OCH3 is 1. The number of carboxylic acid groups (broad SMARTS) is 1. The highest BCUT2D eigenvalue weighted by atomic mass is 35.5. The third-order valence-corrected chi connectivity index (χ3v) is 12.5. The van der Waals surface area contributed by atoms with Gasteiger partial charge in [0.25, 0.3) is 0 Å². The lowest BCUT2D eigenvalue weighted by molar-refractivity contribution is -0.144. The monoisotopic (exact) mass is 731 g/mol. The SMILES string of the molecule is COCCN(C)C[C@H]1COc2cc3c(cc2O1)C1(CCC(Nc2cccc(Cl)c2)(C(=O)O)CC1)[C@@H](C[C@@H](C)COc1ccnc2c1[C@H](C)CCC2)C3. The third kappa shape index (κ3) is 7.46. The zero-order chi connectivity index (χ0) is 36.5. The van der Waals surface area contributed by atoms with Crippen LogP contribution in [0.3, 0.4) is 0 Å². The van der Waals surface area contributed by atoms with Gasteiger partial charge in [-0.3, -0.25) is 4.98 Å². The second-order valence-electron chi connectivity index (χ2n) is 16.0. The van der Waals surface area contributed by atoms with Crippen molar-refractivity contribution in [1.29, 1.82) is 0 Å². The molecule has 2 aromatic carbocycles. The Kier molecular flexibility index (Phi) is 10.9. The number of likely N-dealkylation sites (N-methyl/N-ethyl adjacent to an activating group) is 1. The first-order valence-corrected chi connectivity index (χ1v) is 19.5. The maximum atomic E-state index is 13.0. The lowest BCUT2D eigenvalue weighted by atomic mass is 9.59. The maximum absolute atomic E-state index is 13.0. The van der Waals surface area contributed by atoms with Crippen LogP contribution in [-0.2, 0) is 27.8 Å². The molecule has 9 nitrogen and oxygen atoms in total. The zero-order valence-corrected chi connectivity index (χ0v) is 31.8. The molecule has 1 spiro atoms. The minimum absolute atomic E-state index is 0.0905. The largest absolute Gasteiger partial charge is 0.493 e. The van der Waals surface area contributed by atoms with Gasteiger partial charge in [-0.25, -0.2) is 4.79 Å².